The Morgan fingerprint density at radius 1 is 1.07 bits per heavy atom. The number of carbonyl (C=O) groups excluding carboxylic acids is 1. The van der Waals surface area contributed by atoms with Gasteiger partial charge in [-0.05, 0) is 61.1 Å². The zero-order chi connectivity index (χ0) is 20.1. The fraction of sp³-hybridized carbons (Fsp3) is 0.409. The van der Waals surface area contributed by atoms with Gasteiger partial charge in [-0.1, -0.05) is 47.5 Å². The van der Waals surface area contributed by atoms with Crippen molar-refractivity contribution in [1.82, 2.24) is 4.90 Å². The van der Waals surface area contributed by atoms with E-state index in [-0.39, 0.29) is 31.3 Å². The lowest BCUT2D eigenvalue weighted by molar-refractivity contribution is -0.159. The van der Waals surface area contributed by atoms with E-state index in [0.717, 1.165) is 17.7 Å². The van der Waals surface area contributed by atoms with Gasteiger partial charge in [0.1, 0.15) is 12.7 Å². The lowest BCUT2D eigenvalue weighted by Crippen LogP contribution is -2.46. The van der Waals surface area contributed by atoms with Crippen LogP contribution < -0.4 is 0 Å². The average molecular weight is 422 g/mol. The lowest BCUT2D eigenvalue weighted by Gasteiger charge is -2.41. The summed E-state index contributed by atoms with van der Waals surface area (Å²) in [6, 6.07) is 15.2. The molecule has 1 saturated carbocycles. The van der Waals surface area contributed by atoms with E-state index in [9.17, 15) is 4.79 Å². The normalized spacial score (nSPS) is 21.9. The Kier molecular flexibility index (Phi) is 7.36. The molecule has 1 aliphatic heterocycles. The number of carbonyl (C=O) groups is 1. The van der Waals surface area contributed by atoms with Gasteiger partial charge in [0.05, 0.1) is 6.04 Å². The maximum atomic E-state index is 12.6. The summed E-state index contributed by atoms with van der Waals surface area (Å²) in [7, 11) is 0. The first-order valence-corrected chi connectivity index (χ1v) is 10.3. The van der Waals surface area contributed by atoms with Crippen molar-refractivity contribution in [3.63, 3.8) is 0 Å². The molecule has 2 fully saturated rings. The quantitative estimate of drug-likeness (QED) is 0.751. The van der Waals surface area contributed by atoms with Crippen molar-refractivity contribution in [2.45, 2.75) is 31.9 Å². The number of rotatable bonds is 4. The molecule has 4 rings (SSSR count). The van der Waals surface area contributed by atoms with Gasteiger partial charge in [-0.25, -0.2) is 0 Å². The molecule has 6 heteroatoms. The zero-order valence-electron chi connectivity index (χ0n) is 15.9. The molecule has 2 atom stereocenters. The highest BCUT2D eigenvalue weighted by molar-refractivity contribution is 6.30. The van der Waals surface area contributed by atoms with Crippen molar-refractivity contribution in [2.75, 3.05) is 19.8 Å². The van der Waals surface area contributed by atoms with Gasteiger partial charge < -0.3 is 14.7 Å². The SMILES string of the molecule is CCO.O=C1COC(c2cccc(Cl)c2)C(c2ccc(Cl)cc2)N1CC1CC1. The summed E-state index contributed by atoms with van der Waals surface area (Å²) in [5.41, 5.74) is 2.02. The molecule has 1 amide bonds. The van der Waals surface area contributed by atoms with E-state index in [1.165, 1.54) is 12.8 Å². The van der Waals surface area contributed by atoms with Gasteiger partial charge >= 0.3 is 0 Å². The Bertz CT molecular complexity index is 793. The number of ether oxygens (including phenoxy) is 1. The van der Waals surface area contributed by atoms with Crippen LogP contribution in [0.2, 0.25) is 10.0 Å². The highest BCUT2D eigenvalue weighted by Gasteiger charge is 2.41. The van der Waals surface area contributed by atoms with E-state index in [2.05, 4.69) is 0 Å². The third-order valence-electron chi connectivity index (χ3n) is 4.87. The topological polar surface area (TPSA) is 49.8 Å². The molecule has 0 bridgehead atoms. The van der Waals surface area contributed by atoms with E-state index in [4.69, 9.17) is 33.0 Å². The van der Waals surface area contributed by atoms with Crippen molar-refractivity contribution in [3.8, 4) is 0 Å². The molecule has 28 heavy (non-hydrogen) atoms. The van der Waals surface area contributed by atoms with E-state index < -0.39 is 0 Å². The fourth-order valence-electron chi connectivity index (χ4n) is 3.42. The number of aliphatic hydroxyl groups is 1. The summed E-state index contributed by atoms with van der Waals surface area (Å²) in [5.74, 6) is 0.655. The zero-order valence-corrected chi connectivity index (χ0v) is 17.4. The Hall–Kier alpha value is -1.59. The minimum atomic E-state index is -0.240. The Morgan fingerprint density at radius 3 is 2.36 bits per heavy atom. The van der Waals surface area contributed by atoms with E-state index in [1.807, 2.05) is 53.4 Å². The average Bonchev–Trinajstić information content (AvgIpc) is 3.49. The van der Waals surface area contributed by atoms with Gasteiger partial charge in [-0.3, -0.25) is 4.79 Å². The molecule has 2 aromatic rings. The van der Waals surface area contributed by atoms with Crippen molar-refractivity contribution in [3.05, 3.63) is 69.7 Å². The fourth-order valence-corrected chi connectivity index (χ4v) is 3.75. The number of halogens is 2. The number of amides is 1. The molecule has 0 radical (unpaired) electrons. The van der Waals surface area contributed by atoms with Crippen LogP contribution in [0, 0.1) is 5.92 Å². The summed E-state index contributed by atoms with van der Waals surface area (Å²) < 4.78 is 5.98. The minimum Gasteiger partial charge on any atom is -0.397 e. The highest BCUT2D eigenvalue weighted by Crippen LogP contribution is 2.43. The monoisotopic (exact) mass is 421 g/mol. The number of aliphatic hydroxyl groups excluding tert-OH is 1. The first-order chi connectivity index (χ1) is 13.5. The Balaban J connectivity index is 0.000000706. The molecule has 2 unspecified atom stereocenters. The maximum Gasteiger partial charge on any atom is 0.249 e. The van der Waals surface area contributed by atoms with Crippen LogP contribution in [0.5, 0.6) is 0 Å². The molecule has 1 heterocycles. The smallest absolute Gasteiger partial charge is 0.249 e. The molecular formula is C22H25Cl2NO3. The first-order valence-electron chi connectivity index (χ1n) is 9.56. The van der Waals surface area contributed by atoms with Crippen LogP contribution in [-0.2, 0) is 9.53 Å². The molecule has 1 saturated heterocycles. The van der Waals surface area contributed by atoms with Crippen molar-refractivity contribution < 1.29 is 14.6 Å². The molecule has 2 aromatic carbocycles. The van der Waals surface area contributed by atoms with Crippen LogP contribution in [0.15, 0.2) is 48.5 Å². The Morgan fingerprint density at radius 2 is 1.75 bits per heavy atom. The standard InChI is InChI=1S/C20H19Cl2NO2.C2H6O/c21-16-8-6-14(7-9-16)19-20(15-2-1-3-17(22)10-15)25-12-18(24)23(19)11-13-4-5-13;1-2-3/h1-3,6-10,13,19-20H,4-5,11-12H2;3H,2H2,1H3. The largest absolute Gasteiger partial charge is 0.397 e. The van der Waals surface area contributed by atoms with Gasteiger partial charge in [0.2, 0.25) is 5.91 Å². The predicted molar refractivity (Wildman–Crippen MR) is 112 cm³/mol. The van der Waals surface area contributed by atoms with Gasteiger partial charge in [-0.2, -0.15) is 0 Å². The van der Waals surface area contributed by atoms with Crippen LogP contribution in [0.4, 0.5) is 0 Å². The number of benzene rings is 2. The third kappa shape index (κ3) is 5.26. The number of hydrogen-bond donors (Lipinski definition) is 1. The molecule has 2 aliphatic rings. The molecular weight excluding hydrogens is 397 g/mol. The minimum absolute atomic E-state index is 0.0464. The number of morpholine rings is 1. The molecule has 0 aromatic heterocycles. The summed E-state index contributed by atoms with van der Waals surface area (Å²) in [6.07, 6.45) is 2.15. The second kappa shape index (κ2) is 9.75. The van der Waals surface area contributed by atoms with Crippen molar-refractivity contribution >= 4 is 29.1 Å². The van der Waals surface area contributed by atoms with Crippen LogP contribution in [-0.4, -0.2) is 35.7 Å². The highest BCUT2D eigenvalue weighted by atomic mass is 35.5. The van der Waals surface area contributed by atoms with E-state index in [1.54, 1.807) is 6.92 Å². The third-order valence-corrected chi connectivity index (χ3v) is 5.36. The van der Waals surface area contributed by atoms with Gasteiger partial charge in [0.15, 0.2) is 0 Å². The number of nitrogens with zero attached hydrogens (tertiary/aromatic N) is 1. The molecule has 1 N–H and O–H groups in total. The van der Waals surface area contributed by atoms with Crippen LogP contribution in [0.3, 0.4) is 0 Å². The lowest BCUT2D eigenvalue weighted by atomic mass is 9.92. The second-order valence-corrected chi connectivity index (χ2v) is 7.96. The molecule has 150 valence electrons. The van der Waals surface area contributed by atoms with Crippen LogP contribution in [0.1, 0.15) is 43.0 Å². The number of hydrogen-bond acceptors (Lipinski definition) is 3. The Labute approximate surface area is 176 Å². The predicted octanol–water partition coefficient (Wildman–Crippen LogP) is 5.04. The van der Waals surface area contributed by atoms with E-state index >= 15 is 0 Å². The maximum absolute atomic E-state index is 12.6. The molecule has 4 nitrogen and oxygen atoms in total. The summed E-state index contributed by atoms with van der Waals surface area (Å²) in [5, 5.41) is 8.92. The van der Waals surface area contributed by atoms with Crippen molar-refractivity contribution in [2.24, 2.45) is 5.92 Å². The first kappa shape index (κ1) is 21.1. The van der Waals surface area contributed by atoms with Gasteiger partial charge in [-0.15, -0.1) is 0 Å². The summed E-state index contributed by atoms with van der Waals surface area (Å²) in [6.45, 7) is 2.82. The van der Waals surface area contributed by atoms with Gasteiger partial charge in [0.25, 0.3) is 0 Å². The summed E-state index contributed by atoms with van der Waals surface area (Å²) >= 11 is 12.2. The van der Waals surface area contributed by atoms with E-state index in [0.29, 0.717) is 16.0 Å². The summed E-state index contributed by atoms with van der Waals surface area (Å²) in [4.78, 5) is 14.6. The molecule has 1 aliphatic carbocycles. The second-order valence-electron chi connectivity index (χ2n) is 7.09. The van der Waals surface area contributed by atoms with Crippen LogP contribution >= 0.6 is 23.2 Å². The van der Waals surface area contributed by atoms with Crippen LogP contribution in [0.25, 0.3) is 0 Å². The van der Waals surface area contributed by atoms with Gasteiger partial charge in [0, 0.05) is 23.2 Å². The van der Waals surface area contributed by atoms with Crippen molar-refractivity contribution in [1.29, 1.82) is 0 Å². The molecule has 0 spiro atoms.